The van der Waals surface area contributed by atoms with Crippen LogP contribution in [-0.2, 0) is 9.59 Å². The minimum absolute atomic E-state index is 0.192. The number of hydrogen-bond acceptors (Lipinski definition) is 4. The summed E-state index contributed by atoms with van der Waals surface area (Å²) in [6.45, 7) is 0. The number of benzene rings is 4. The van der Waals surface area contributed by atoms with Crippen LogP contribution in [0.25, 0.3) is 0 Å². The Labute approximate surface area is 232 Å². The predicted octanol–water partition coefficient (Wildman–Crippen LogP) is 6.33. The summed E-state index contributed by atoms with van der Waals surface area (Å²) < 4.78 is 0. The number of nitrogens with one attached hydrogen (secondary N) is 4. The van der Waals surface area contributed by atoms with Crippen molar-refractivity contribution in [2.24, 2.45) is 0 Å². The standard InChI is InChI=1S/C32H30N4O4/c37-29(35-27-19-9-7-17-25(27)31(39)33-23-13-3-1-4-14-23)21-11-12-22-30(38)36-28-20-10-8-18-26(28)32(40)34-24-15-5-2-6-16-24/h1-10,13-20H,11-12,21-22H2,(H,33,39)(H,34,40)(H,35,37)(H,36,38). The molecule has 202 valence electrons. The van der Waals surface area contributed by atoms with E-state index in [-0.39, 0.29) is 36.5 Å². The second-order valence-corrected chi connectivity index (χ2v) is 9.03. The average Bonchev–Trinajstić information content (AvgIpc) is 2.97. The number of unbranched alkanes of at least 4 members (excludes halogenated alkanes) is 1. The van der Waals surface area contributed by atoms with Gasteiger partial charge in [0.2, 0.25) is 11.8 Å². The molecule has 4 rings (SSSR count). The van der Waals surface area contributed by atoms with E-state index in [9.17, 15) is 19.2 Å². The minimum Gasteiger partial charge on any atom is -0.325 e. The highest BCUT2D eigenvalue weighted by molar-refractivity contribution is 6.11. The van der Waals surface area contributed by atoms with Crippen molar-refractivity contribution in [3.8, 4) is 0 Å². The zero-order valence-electron chi connectivity index (χ0n) is 21.9. The second kappa shape index (κ2) is 14.1. The lowest BCUT2D eigenvalue weighted by atomic mass is 10.1. The molecule has 8 heteroatoms. The fourth-order valence-electron chi connectivity index (χ4n) is 4.02. The highest BCUT2D eigenvalue weighted by atomic mass is 16.2. The molecule has 0 aliphatic rings. The van der Waals surface area contributed by atoms with Crippen molar-refractivity contribution in [3.63, 3.8) is 0 Å². The van der Waals surface area contributed by atoms with Crippen LogP contribution < -0.4 is 21.3 Å². The van der Waals surface area contributed by atoms with Gasteiger partial charge in [0, 0.05) is 24.2 Å². The second-order valence-electron chi connectivity index (χ2n) is 9.03. The molecule has 0 atom stereocenters. The van der Waals surface area contributed by atoms with Crippen molar-refractivity contribution in [1.82, 2.24) is 0 Å². The van der Waals surface area contributed by atoms with Crippen molar-refractivity contribution in [2.75, 3.05) is 21.3 Å². The first-order chi connectivity index (χ1) is 19.5. The van der Waals surface area contributed by atoms with Crippen molar-refractivity contribution >= 4 is 46.4 Å². The molecule has 0 aliphatic heterocycles. The van der Waals surface area contributed by atoms with Crippen molar-refractivity contribution in [1.29, 1.82) is 0 Å². The third-order valence-electron chi connectivity index (χ3n) is 6.01. The third kappa shape index (κ3) is 8.13. The van der Waals surface area contributed by atoms with Gasteiger partial charge in [-0.05, 0) is 61.4 Å². The molecule has 0 heterocycles. The Morgan fingerprint density at radius 2 is 0.775 bits per heavy atom. The molecule has 4 aromatic carbocycles. The molecule has 0 radical (unpaired) electrons. The van der Waals surface area contributed by atoms with Crippen molar-refractivity contribution in [2.45, 2.75) is 25.7 Å². The molecule has 0 fully saturated rings. The molecule has 4 aromatic rings. The summed E-state index contributed by atoms with van der Waals surface area (Å²) in [6.07, 6.45) is 1.34. The highest BCUT2D eigenvalue weighted by Gasteiger charge is 2.15. The molecule has 8 nitrogen and oxygen atoms in total. The van der Waals surface area contributed by atoms with Crippen LogP contribution in [0.4, 0.5) is 22.7 Å². The van der Waals surface area contributed by atoms with Crippen LogP contribution in [0.1, 0.15) is 46.4 Å². The fourth-order valence-corrected chi connectivity index (χ4v) is 4.02. The van der Waals surface area contributed by atoms with Crippen LogP contribution in [0.5, 0.6) is 0 Å². The Balaban J connectivity index is 1.24. The van der Waals surface area contributed by atoms with E-state index < -0.39 is 0 Å². The molecule has 0 unspecified atom stereocenters. The van der Waals surface area contributed by atoms with E-state index in [1.165, 1.54) is 0 Å². The quantitative estimate of drug-likeness (QED) is 0.168. The van der Waals surface area contributed by atoms with Crippen LogP contribution in [-0.4, -0.2) is 23.6 Å². The molecular formula is C32H30N4O4. The normalized spacial score (nSPS) is 10.3. The first-order valence-electron chi connectivity index (χ1n) is 13.0. The van der Waals surface area contributed by atoms with Gasteiger partial charge < -0.3 is 21.3 Å². The molecule has 0 aromatic heterocycles. The number of carbonyl (C=O) groups is 4. The molecule has 0 spiro atoms. The van der Waals surface area contributed by atoms with Crippen LogP contribution >= 0.6 is 0 Å². The Bertz CT molecular complexity index is 1360. The van der Waals surface area contributed by atoms with Crippen LogP contribution in [0.2, 0.25) is 0 Å². The Kier molecular flexibility index (Phi) is 9.77. The van der Waals surface area contributed by atoms with E-state index in [0.717, 1.165) is 0 Å². The Hall–Kier alpha value is -5.24. The van der Waals surface area contributed by atoms with Gasteiger partial charge in [0.05, 0.1) is 22.5 Å². The molecule has 40 heavy (non-hydrogen) atoms. The maximum atomic E-state index is 12.7. The molecule has 4 amide bonds. The van der Waals surface area contributed by atoms with Gasteiger partial charge in [-0.15, -0.1) is 0 Å². The SMILES string of the molecule is O=C(CCCCC(=O)Nc1ccccc1C(=O)Nc1ccccc1)Nc1ccccc1C(=O)Nc1ccccc1. The van der Waals surface area contributed by atoms with Gasteiger partial charge in [0.15, 0.2) is 0 Å². The lowest BCUT2D eigenvalue weighted by Gasteiger charge is -2.12. The average molecular weight is 535 g/mol. The van der Waals surface area contributed by atoms with Crippen LogP contribution in [0.3, 0.4) is 0 Å². The number of anilines is 4. The van der Waals surface area contributed by atoms with Gasteiger partial charge in [0.1, 0.15) is 0 Å². The lowest BCUT2D eigenvalue weighted by molar-refractivity contribution is -0.118. The maximum Gasteiger partial charge on any atom is 0.257 e. The monoisotopic (exact) mass is 534 g/mol. The number of hydrogen-bond donors (Lipinski definition) is 4. The van der Waals surface area contributed by atoms with Crippen molar-refractivity contribution in [3.05, 3.63) is 120 Å². The summed E-state index contributed by atoms with van der Waals surface area (Å²) in [5.41, 5.74) is 2.87. The fraction of sp³-hybridized carbons (Fsp3) is 0.125. The van der Waals surface area contributed by atoms with Gasteiger partial charge in [0.25, 0.3) is 11.8 Å². The van der Waals surface area contributed by atoms with Gasteiger partial charge >= 0.3 is 0 Å². The lowest BCUT2D eigenvalue weighted by Crippen LogP contribution is -2.19. The van der Waals surface area contributed by atoms with Gasteiger partial charge in [-0.25, -0.2) is 0 Å². The summed E-state index contributed by atoms with van der Waals surface area (Å²) >= 11 is 0. The van der Waals surface area contributed by atoms with E-state index in [2.05, 4.69) is 21.3 Å². The van der Waals surface area contributed by atoms with E-state index in [4.69, 9.17) is 0 Å². The highest BCUT2D eigenvalue weighted by Crippen LogP contribution is 2.20. The Morgan fingerprint density at radius 3 is 1.18 bits per heavy atom. The molecule has 0 bridgehead atoms. The summed E-state index contributed by atoms with van der Waals surface area (Å²) in [5, 5.41) is 11.2. The number of para-hydroxylation sites is 4. The first kappa shape index (κ1) is 27.8. The van der Waals surface area contributed by atoms with Gasteiger partial charge in [-0.2, -0.15) is 0 Å². The third-order valence-corrected chi connectivity index (χ3v) is 6.01. The molecule has 0 saturated heterocycles. The molecule has 0 saturated carbocycles. The van der Waals surface area contributed by atoms with E-state index in [1.807, 2.05) is 36.4 Å². The van der Waals surface area contributed by atoms with Crippen LogP contribution in [0, 0.1) is 0 Å². The maximum absolute atomic E-state index is 12.7. The predicted molar refractivity (Wildman–Crippen MR) is 157 cm³/mol. The van der Waals surface area contributed by atoms with Gasteiger partial charge in [-0.3, -0.25) is 19.2 Å². The van der Waals surface area contributed by atoms with E-state index in [0.29, 0.717) is 46.7 Å². The summed E-state index contributed by atoms with van der Waals surface area (Å²) in [7, 11) is 0. The van der Waals surface area contributed by atoms with Crippen LogP contribution in [0.15, 0.2) is 109 Å². The zero-order valence-corrected chi connectivity index (χ0v) is 21.9. The minimum atomic E-state index is -0.323. The first-order valence-corrected chi connectivity index (χ1v) is 13.0. The van der Waals surface area contributed by atoms with Crippen molar-refractivity contribution < 1.29 is 19.2 Å². The zero-order chi connectivity index (χ0) is 28.2. The molecule has 0 aliphatic carbocycles. The Morgan fingerprint density at radius 1 is 0.425 bits per heavy atom. The summed E-state index contributed by atoms with van der Waals surface area (Å²) in [6, 6.07) is 31.8. The summed E-state index contributed by atoms with van der Waals surface area (Å²) in [5.74, 6) is -1.14. The number of amides is 4. The molecule has 4 N–H and O–H groups in total. The number of rotatable bonds is 11. The van der Waals surface area contributed by atoms with E-state index >= 15 is 0 Å². The largest absolute Gasteiger partial charge is 0.325 e. The number of carbonyl (C=O) groups excluding carboxylic acids is 4. The topological polar surface area (TPSA) is 116 Å². The summed E-state index contributed by atoms with van der Waals surface area (Å²) in [4.78, 5) is 50.6. The smallest absolute Gasteiger partial charge is 0.257 e. The van der Waals surface area contributed by atoms with E-state index in [1.54, 1.807) is 72.8 Å². The van der Waals surface area contributed by atoms with Gasteiger partial charge in [-0.1, -0.05) is 60.7 Å². The molecular weight excluding hydrogens is 504 g/mol.